The third-order valence-electron chi connectivity index (χ3n) is 5.00. The maximum Gasteiger partial charge on any atom is 0.200 e. The molecular formula is C24H21ClNO3+. The zero-order valence-electron chi connectivity index (χ0n) is 16.0. The van der Waals surface area contributed by atoms with Gasteiger partial charge in [0.1, 0.15) is 30.7 Å². The molecule has 0 amide bonds. The maximum atomic E-state index is 13.1. The minimum absolute atomic E-state index is 0.129. The number of fused-ring (bicyclic) bond motifs is 1. The van der Waals surface area contributed by atoms with Gasteiger partial charge in [0.2, 0.25) is 5.43 Å². The molecule has 1 unspecified atom stereocenters. The van der Waals surface area contributed by atoms with Gasteiger partial charge in [-0.1, -0.05) is 54.1 Å². The first-order chi connectivity index (χ1) is 14.0. The first-order valence-corrected chi connectivity index (χ1v) is 9.78. The van der Waals surface area contributed by atoms with Gasteiger partial charge in [-0.3, -0.25) is 4.79 Å². The molecule has 0 aliphatic carbocycles. The lowest BCUT2D eigenvalue weighted by Gasteiger charge is -2.16. The molecule has 0 aliphatic rings. The molecule has 0 fully saturated rings. The predicted octanol–water partition coefficient (Wildman–Crippen LogP) is 4.03. The Morgan fingerprint density at radius 3 is 2.41 bits per heavy atom. The Hall–Kier alpha value is -3.08. The topological polar surface area (TPSA) is 54.9 Å². The van der Waals surface area contributed by atoms with Crippen LogP contribution in [0.5, 0.6) is 5.75 Å². The van der Waals surface area contributed by atoms with Gasteiger partial charge in [-0.05, 0) is 29.8 Å². The first kappa shape index (κ1) is 19.2. The van der Waals surface area contributed by atoms with Crippen LogP contribution in [0.2, 0.25) is 5.02 Å². The number of halogens is 1. The van der Waals surface area contributed by atoms with Crippen molar-refractivity contribution in [2.75, 3.05) is 7.05 Å². The van der Waals surface area contributed by atoms with Gasteiger partial charge in [0.05, 0.1) is 23.6 Å². The van der Waals surface area contributed by atoms with Crippen molar-refractivity contribution in [3.05, 3.63) is 99.4 Å². The molecule has 29 heavy (non-hydrogen) atoms. The van der Waals surface area contributed by atoms with Gasteiger partial charge in [-0.15, -0.1) is 0 Å². The molecule has 2 N–H and O–H groups in total. The highest BCUT2D eigenvalue weighted by atomic mass is 35.5. The maximum absolute atomic E-state index is 13.1. The van der Waals surface area contributed by atoms with Gasteiger partial charge < -0.3 is 14.4 Å². The molecule has 146 valence electrons. The Morgan fingerprint density at radius 2 is 1.69 bits per heavy atom. The van der Waals surface area contributed by atoms with Crippen molar-refractivity contribution in [2.24, 2.45) is 0 Å². The van der Waals surface area contributed by atoms with E-state index in [4.69, 9.17) is 16.0 Å². The van der Waals surface area contributed by atoms with Crippen molar-refractivity contribution >= 4 is 22.6 Å². The number of rotatable bonds is 5. The van der Waals surface area contributed by atoms with Crippen LogP contribution < -0.4 is 10.3 Å². The summed E-state index contributed by atoms with van der Waals surface area (Å²) in [6, 6.07) is 20.4. The number of benzene rings is 3. The summed E-state index contributed by atoms with van der Waals surface area (Å²) in [6.45, 7) is 1.32. The second kappa shape index (κ2) is 8.11. The second-order valence-corrected chi connectivity index (χ2v) is 7.66. The van der Waals surface area contributed by atoms with Crippen LogP contribution in [0.15, 0.2) is 82.2 Å². The molecule has 0 aliphatic heterocycles. The average molecular weight is 407 g/mol. The summed E-state index contributed by atoms with van der Waals surface area (Å²) in [5.41, 5.74) is 3.35. The minimum Gasteiger partial charge on any atom is -0.507 e. The Labute approximate surface area is 173 Å². The number of hydrogen-bond donors (Lipinski definition) is 2. The lowest BCUT2D eigenvalue weighted by Crippen LogP contribution is -3.06. The van der Waals surface area contributed by atoms with E-state index in [9.17, 15) is 9.90 Å². The van der Waals surface area contributed by atoms with Crippen LogP contribution in [0, 0.1) is 0 Å². The van der Waals surface area contributed by atoms with Crippen LogP contribution in [-0.2, 0) is 13.1 Å². The fourth-order valence-electron chi connectivity index (χ4n) is 3.56. The summed E-state index contributed by atoms with van der Waals surface area (Å²) in [4.78, 5) is 14.2. The van der Waals surface area contributed by atoms with E-state index < -0.39 is 0 Å². The molecular weight excluding hydrogens is 386 g/mol. The van der Waals surface area contributed by atoms with Crippen molar-refractivity contribution < 1.29 is 14.4 Å². The molecule has 0 radical (unpaired) electrons. The molecule has 1 heterocycles. The SMILES string of the molecule is C[NH+](Cc1ccccc1)Cc1c(O)ccc2c(=O)c(-c3ccc(Cl)cc3)coc12. The second-order valence-electron chi connectivity index (χ2n) is 7.22. The third kappa shape index (κ3) is 4.04. The molecule has 4 nitrogen and oxygen atoms in total. The average Bonchev–Trinajstić information content (AvgIpc) is 2.72. The van der Waals surface area contributed by atoms with E-state index >= 15 is 0 Å². The summed E-state index contributed by atoms with van der Waals surface area (Å²) in [6.07, 6.45) is 1.46. The van der Waals surface area contributed by atoms with E-state index in [0.717, 1.165) is 12.1 Å². The van der Waals surface area contributed by atoms with Crippen LogP contribution in [0.3, 0.4) is 0 Å². The Balaban J connectivity index is 1.71. The lowest BCUT2D eigenvalue weighted by atomic mass is 10.0. The van der Waals surface area contributed by atoms with Gasteiger partial charge in [0.15, 0.2) is 0 Å². The van der Waals surface area contributed by atoms with Gasteiger partial charge in [0.25, 0.3) is 0 Å². The summed E-state index contributed by atoms with van der Waals surface area (Å²) in [7, 11) is 2.05. The van der Waals surface area contributed by atoms with E-state index in [0.29, 0.717) is 33.7 Å². The van der Waals surface area contributed by atoms with E-state index in [1.54, 1.807) is 36.4 Å². The van der Waals surface area contributed by atoms with E-state index in [1.807, 2.05) is 25.2 Å². The van der Waals surface area contributed by atoms with Crippen LogP contribution in [0.25, 0.3) is 22.1 Å². The fourth-order valence-corrected chi connectivity index (χ4v) is 3.68. The fraction of sp³-hybridized carbons (Fsp3) is 0.125. The van der Waals surface area contributed by atoms with E-state index in [-0.39, 0.29) is 11.2 Å². The summed E-state index contributed by atoms with van der Waals surface area (Å²) in [5, 5.41) is 11.5. The number of phenols is 1. The van der Waals surface area contributed by atoms with E-state index in [1.165, 1.54) is 16.7 Å². The first-order valence-electron chi connectivity index (χ1n) is 9.40. The van der Waals surface area contributed by atoms with Gasteiger partial charge in [0, 0.05) is 10.6 Å². The molecule has 1 atom stereocenters. The van der Waals surface area contributed by atoms with Gasteiger partial charge in [-0.25, -0.2) is 0 Å². The smallest absolute Gasteiger partial charge is 0.200 e. The molecule has 1 aromatic heterocycles. The van der Waals surface area contributed by atoms with E-state index in [2.05, 4.69) is 12.1 Å². The highest BCUT2D eigenvalue weighted by Crippen LogP contribution is 2.28. The highest BCUT2D eigenvalue weighted by molar-refractivity contribution is 6.30. The van der Waals surface area contributed by atoms with Crippen molar-refractivity contribution in [2.45, 2.75) is 13.1 Å². The van der Waals surface area contributed by atoms with Crippen molar-refractivity contribution in [1.82, 2.24) is 0 Å². The summed E-state index contributed by atoms with van der Waals surface area (Å²) < 4.78 is 5.87. The van der Waals surface area contributed by atoms with Gasteiger partial charge in [-0.2, -0.15) is 0 Å². The summed E-state index contributed by atoms with van der Waals surface area (Å²) in [5.74, 6) is 0.132. The third-order valence-corrected chi connectivity index (χ3v) is 5.25. The number of aromatic hydroxyl groups is 1. The monoisotopic (exact) mass is 406 g/mol. The number of hydrogen-bond acceptors (Lipinski definition) is 3. The molecule has 0 bridgehead atoms. The highest BCUT2D eigenvalue weighted by Gasteiger charge is 2.18. The quantitative estimate of drug-likeness (QED) is 0.526. The molecule has 4 rings (SSSR count). The van der Waals surface area contributed by atoms with Crippen molar-refractivity contribution in [3.8, 4) is 16.9 Å². The van der Waals surface area contributed by atoms with Crippen molar-refractivity contribution in [1.29, 1.82) is 0 Å². The Kier molecular flexibility index (Phi) is 5.38. The molecule has 0 saturated carbocycles. The van der Waals surface area contributed by atoms with Crippen LogP contribution in [0.1, 0.15) is 11.1 Å². The lowest BCUT2D eigenvalue weighted by molar-refractivity contribution is -0.907. The molecule has 0 spiro atoms. The Morgan fingerprint density at radius 1 is 0.966 bits per heavy atom. The molecule has 3 aromatic carbocycles. The Bertz CT molecular complexity index is 1200. The number of nitrogens with one attached hydrogen (secondary N) is 1. The molecule has 5 heteroatoms. The predicted molar refractivity (Wildman–Crippen MR) is 115 cm³/mol. The normalized spacial score (nSPS) is 12.2. The molecule has 0 saturated heterocycles. The van der Waals surface area contributed by atoms with Gasteiger partial charge >= 0.3 is 0 Å². The van der Waals surface area contributed by atoms with Crippen LogP contribution in [0.4, 0.5) is 0 Å². The number of phenolic OH excluding ortho intramolecular Hbond substituents is 1. The van der Waals surface area contributed by atoms with Crippen LogP contribution >= 0.6 is 11.6 Å². The standard InChI is InChI=1S/C24H20ClNO3/c1-26(13-16-5-3-2-4-6-16)14-20-22(27)12-11-19-23(28)21(15-29-24(19)20)17-7-9-18(25)10-8-17/h2-12,15,27H,13-14H2,1H3/p+1. The zero-order valence-corrected chi connectivity index (χ0v) is 16.7. The largest absolute Gasteiger partial charge is 0.507 e. The summed E-state index contributed by atoms with van der Waals surface area (Å²) >= 11 is 5.95. The number of quaternary nitrogens is 1. The zero-order chi connectivity index (χ0) is 20.4. The minimum atomic E-state index is -0.129. The van der Waals surface area contributed by atoms with Crippen LogP contribution in [-0.4, -0.2) is 12.2 Å². The molecule has 4 aromatic rings. The van der Waals surface area contributed by atoms with Crippen molar-refractivity contribution in [3.63, 3.8) is 0 Å².